The first kappa shape index (κ1) is 21.0. The van der Waals surface area contributed by atoms with E-state index in [2.05, 4.69) is 5.32 Å². The second-order valence-corrected chi connectivity index (χ2v) is 5.34. The van der Waals surface area contributed by atoms with Gasteiger partial charge in [0.05, 0.1) is 5.56 Å². The number of alkyl halides is 5. The summed E-state index contributed by atoms with van der Waals surface area (Å²) in [6.45, 7) is -0.680. The van der Waals surface area contributed by atoms with Gasteiger partial charge in [0.1, 0.15) is 18.5 Å². The van der Waals surface area contributed by atoms with Gasteiger partial charge in [-0.25, -0.2) is 13.2 Å². The number of hydrogen-bond donors (Lipinski definition) is 2. The fourth-order valence-corrected chi connectivity index (χ4v) is 2.65. The van der Waals surface area contributed by atoms with Crippen LogP contribution in [0.2, 0.25) is 0 Å². The second-order valence-electron chi connectivity index (χ2n) is 5.34. The van der Waals surface area contributed by atoms with E-state index in [1.807, 2.05) is 0 Å². The third kappa shape index (κ3) is 4.53. The number of benzene rings is 1. The fourth-order valence-electron chi connectivity index (χ4n) is 2.65. The molecule has 0 radical (unpaired) electrons. The topological polar surface area (TPSA) is 35.5 Å². The second kappa shape index (κ2) is 7.90. The number of hydrogen-bond acceptors (Lipinski definition) is 3. The highest BCUT2D eigenvalue weighted by Gasteiger charge is 2.46. The van der Waals surface area contributed by atoms with Crippen LogP contribution in [0.15, 0.2) is 18.2 Å². The van der Waals surface area contributed by atoms with Crippen LogP contribution in [0, 0.1) is 5.82 Å². The average Bonchev–Trinajstić information content (AvgIpc) is 2.49. The normalized spacial score (nSPS) is 18.1. The molecule has 10 heteroatoms. The minimum atomic E-state index is -4.77. The van der Waals surface area contributed by atoms with Gasteiger partial charge in [-0.1, -0.05) is 0 Å². The van der Waals surface area contributed by atoms with E-state index >= 15 is 0 Å². The smallest absolute Gasteiger partial charge is 0.390 e. The van der Waals surface area contributed by atoms with Crippen molar-refractivity contribution in [2.45, 2.75) is 18.1 Å². The van der Waals surface area contributed by atoms with E-state index in [0.29, 0.717) is 31.3 Å². The van der Waals surface area contributed by atoms with Crippen molar-refractivity contribution >= 4 is 12.4 Å². The summed E-state index contributed by atoms with van der Waals surface area (Å²) in [5.74, 6) is -4.93. The number of nitrogens with one attached hydrogen (secondary N) is 1. The summed E-state index contributed by atoms with van der Waals surface area (Å²) in [6, 6.07) is -0.533. The molecule has 0 bridgehead atoms. The lowest BCUT2D eigenvalue weighted by molar-refractivity contribution is -0.138. The van der Waals surface area contributed by atoms with Crippen LogP contribution >= 0.6 is 12.4 Å². The highest BCUT2D eigenvalue weighted by Crippen LogP contribution is 2.40. The quantitative estimate of drug-likeness (QED) is 0.791. The van der Waals surface area contributed by atoms with E-state index in [9.17, 15) is 26.3 Å². The van der Waals surface area contributed by atoms with Crippen LogP contribution in [0.4, 0.5) is 26.3 Å². The van der Waals surface area contributed by atoms with Gasteiger partial charge in [0, 0.05) is 31.7 Å². The summed E-state index contributed by atoms with van der Waals surface area (Å²) in [7, 11) is 0. The lowest BCUT2D eigenvalue weighted by atomic mass is 9.95. The molecule has 0 aliphatic carbocycles. The number of halogens is 7. The predicted molar refractivity (Wildman–Crippen MR) is 77.9 cm³/mol. The Bertz CT molecular complexity index is 549. The molecule has 1 aliphatic heterocycles. The summed E-state index contributed by atoms with van der Waals surface area (Å²) in [5, 5.41) is 11.9. The van der Waals surface area contributed by atoms with Gasteiger partial charge in [-0.2, -0.15) is 13.2 Å². The summed E-state index contributed by atoms with van der Waals surface area (Å²) in [6.07, 6.45) is -4.77. The van der Waals surface area contributed by atoms with Crippen molar-refractivity contribution in [3.8, 4) is 0 Å². The van der Waals surface area contributed by atoms with E-state index in [4.69, 9.17) is 5.11 Å². The highest BCUT2D eigenvalue weighted by molar-refractivity contribution is 5.85. The zero-order chi connectivity index (χ0) is 17.3. The van der Waals surface area contributed by atoms with Gasteiger partial charge in [-0.05, 0) is 18.2 Å². The number of piperazine rings is 1. The van der Waals surface area contributed by atoms with Crippen LogP contribution < -0.4 is 5.32 Å². The highest BCUT2D eigenvalue weighted by atomic mass is 35.5. The lowest BCUT2D eigenvalue weighted by Crippen LogP contribution is -2.51. The molecular weight excluding hydrogens is 362 g/mol. The van der Waals surface area contributed by atoms with E-state index in [-0.39, 0.29) is 25.5 Å². The molecule has 138 valence electrons. The SMILES string of the molecule is Cl.OCC(F)(F)[C@@H](c1cc(C(F)(F)F)ccc1F)N1CCNCC1. The van der Waals surface area contributed by atoms with E-state index < -0.39 is 41.7 Å². The van der Waals surface area contributed by atoms with Crippen molar-refractivity contribution in [1.29, 1.82) is 0 Å². The fraction of sp³-hybridized carbons (Fsp3) is 0.571. The monoisotopic (exact) mass is 378 g/mol. The summed E-state index contributed by atoms with van der Waals surface area (Å²) < 4.78 is 80.7. The van der Waals surface area contributed by atoms with Crippen LogP contribution in [0.25, 0.3) is 0 Å². The number of aliphatic hydroxyl groups excluding tert-OH is 1. The van der Waals surface area contributed by atoms with E-state index in [0.717, 1.165) is 0 Å². The van der Waals surface area contributed by atoms with Gasteiger partial charge in [-0.3, -0.25) is 4.90 Å². The predicted octanol–water partition coefficient (Wildman–Crippen LogP) is 2.84. The zero-order valence-electron chi connectivity index (χ0n) is 12.4. The van der Waals surface area contributed by atoms with Crippen molar-refractivity contribution in [1.82, 2.24) is 10.2 Å². The Hall–Kier alpha value is -1.03. The van der Waals surface area contributed by atoms with Crippen LogP contribution in [0.1, 0.15) is 17.2 Å². The number of aliphatic hydroxyl groups is 1. The molecule has 3 nitrogen and oxygen atoms in total. The molecule has 1 aromatic carbocycles. The molecule has 0 aromatic heterocycles. The van der Waals surface area contributed by atoms with Crippen LogP contribution in [-0.4, -0.2) is 48.7 Å². The van der Waals surface area contributed by atoms with Gasteiger partial charge in [0.2, 0.25) is 0 Å². The maximum Gasteiger partial charge on any atom is 0.416 e. The van der Waals surface area contributed by atoms with Crippen molar-refractivity contribution < 1.29 is 31.4 Å². The van der Waals surface area contributed by atoms with Gasteiger partial charge < -0.3 is 10.4 Å². The summed E-state index contributed by atoms with van der Waals surface area (Å²) in [5.41, 5.74) is -1.97. The standard InChI is InChI=1S/C14H16F6N2O.ClH/c15-11-2-1-9(14(18,19)20)7-10(11)12(13(16,17)8-23)22-5-3-21-4-6-22;/h1-2,7,12,21,23H,3-6,8H2;1H/t12-;/m1./s1. The molecule has 1 heterocycles. The zero-order valence-corrected chi connectivity index (χ0v) is 13.2. The largest absolute Gasteiger partial charge is 0.416 e. The molecule has 24 heavy (non-hydrogen) atoms. The van der Waals surface area contributed by atoms with Gasteiger partial charge in [-0.15, -0.1) is 12.4 Å². The number of rotatable bonds is 4. The van der Waals surface area contributed by atoms with E-state index in [1.54, 1.807) is 0 Å². The van der Waals surface area contributed by atoms with Crippen molar-refractivity contribution in [2.24, 2.45) is 0 Å². The van der Waals surface area contributed by atoms with Gasteiger partial charge in [0.25, 0.3) is 5.92 Å². The Morgan fingerprint density at radius 1 is 1.12 bits per heavy atom. The third-order valence-corrected chi connectivity index (χ3v) is 3.75. The molecule has 0 saturated carbocycles. The molecule has 1 aromatic rings. The van der Waals surface area contributed by atoms with Crippen molar-refractivity contribution in [3.05, 3.63) is 35.1 Å². The van der Waals surface area contributed by atoms with Crippen LogP contribution in [0.3, 0.4) is 0 Å². The molecule has 0 unspecified atom stereocenters. The molecule has 1 fully saturated rings. The van der Waals surface area contributed by atoms with Gasteiger partial charge in [0.15, 0.2) is 0 Å². The maximum atomic E-state index is 14.1. The minimum absolute atomic E-state index is 0. The molecule has 1 saturated heterocycles. The molecule has 0 spiro atoms. The Labute approximate surface area is 141 Å². The first-order valence-electron chi connectivity index (χ1n) is 6.97. The molecule has 1 aliphatic rings. The Morgan fingerprint density at radius 3 is 2.21 bits per heavy atom. The third-order valence-electron chi connectivity index (χ3n) is 3.75. The van der Waals surface area contributed by atoms with Crippen molar-refractivity contribution in [3.63, 3.8) is 0 Å². The Morgan fingerprint density at radius 2 is 1.71 bits per heavy atom. The molecule has 2 rings (SSSR count). The van der Waals surface area contributed by atoms with Crippen molar-refractivity contribution in [2.75, 3.05) is 32.8 Å². The first-order valence-corrected chi connectivity index (χ1v) is 6.97. The lowest BCUT2D eigenvalue weighted by Gasteiger charge is -2.39. The Kier molecular flexibility index (Phi) is 6.92. The van der Waals surface area contributed by atoms with E-state index in [1.165, 1.54) is 4.90 Å². The van der Waals surface area contributed by atoms with Crippen LogP contribution in [0.5, 0.6) is 0 Å². The summed E-state index contributed by atoms with van der Waals surface area (Å²) >= 11 is 0. The average molecular weight is 379 g/mol. The molecule has 0 amide bonds. The van der Waals surface area contributed by atoms with Crippen LogP contribution in [-0.2, 0) is 6.18 Å². The summed E-state index contributed by atoms with van der Waals surface area (Å²) in [4.78, 5) is 1.19. The molecular formula is C14H17ClF6N2O. The first-order chi connectivity index (χ1) is 10.7. The number of nitrogens with zero attached hydrogens (tertiary/aromatic N) is 1. The minimum Gasteiger partial charge on any atom is -0.390 e. The molecule has 2 N–H and O–H groups in total. The Balaban J connectivity index is 0.00000288. The maximum absolute atomic E-state index is 14.1. The molecule has 1 atom stereocenters. The van der Waals surface area contributed by atoms with Gasteiger partial charge >= 0.3 is 6.18 Å².